The van der Waals surface area contributed by atoms with Crippen LogP contribution in [0, 0.1) is 0 Å². The number of nitrogens with two attached hydrogens (primary N) is 1. The Morgan fingerprint density at radius 2 is 2.23 bits per heavy atom. The number of ether oxygens (including phenoxy) is 1. The van der Waals surface area contributed by atoms with E-state index in [1.54, 1.807) is 18.3 Å². The Morgan fingerprint density at radius 3 is 2.86 bits per heavy atom. The lowest BCUT2D eigenvalue weighted by atomic mass is 10.1. The highest BCUT2D eigenvalue weighted by Crippen LogP contribution is 2.27. The fourth-order valence-corrected chi connectivity index (χ4v) is 2.03. The standard InChI is InChI=1S/C15H20N4O3/c1-3-4-5-8-17-15(20)12-13(19-22-14(12)16)10-6-7-11(21-2)18-9-10/h6-7,9H,3-5,8,16H2,1-2H3,(H,17,20). The molecule has 0 fully saturated rings. The molecule has 7 nitrogen and oxygen atoms in total. The Morgan fingerprint density at radius 1 is 1.41 bits per heavy atom. The summed E-state index contributed by atoms with van der Waals surface area (Å²) in [5.41, 5.74) is 6.98. The molecule has 22 heavy (non-hydrogen) atoms. The molecule has 0 aliphatic carbocycles. The monoisotopic (exact) mass is 304 g/mol. The molecule has 118 valence electrons. The Bertz CT molecular complexity index is 622. The molecule has 0 saturated heterocycles. The summed E-state index contributed by atoms with van der Waals surface area (Å²) < 4.78 is 9.97. The van der Waals surface area contributed by atoms with Crippen LogP contribution in [0.5, 0.6) is 5.88 Å². The lowest BCUT2D eigenvalue weighted by molar-refractivity contribution is 0.0954. The largest absolute Gasteiger partial charge is 0.481 e. The third-order valence-corrected chi connectivity index (χ3v) is 3.23. The number of hydrogen-bond acceptors (Lipinski definition) is 6. The summed E-state index contributed by atoms with van der Waals surface area (Å²) in [5.74, 6) is 0.185. The highest BCUT2D eigenvalue weighted by atomic mass is 16.5. The van der Waals surface area contributed by atoms with Crippen molar-refractivity contribution in [2.75, 3.05) is 19.4 Å². The molecular weight excluding hydrogens is 284 g/mol. The van der Waals surface area contributed by atoms with Crippen molar-refractivity contribution in [1.82, 2.24) is 15.5 Å². The van der Waals surface area contributed by atoms with Crippen molar-refractivity contribution in [2.45, 2.75) is 26.2 Å². The highest BCUT2D eigenvalue weighted by Gasteiger charge is 2.22. The maximum absolute atomic E-state index is 12.3. The van der Waals surface area contributed by atoms with E-state index in [0.717, 1.165) is 19.3 Å². The van der Waals surface area contributed by atoms with Crippen LogP contribution in [0.4, 0.5) is 5.88 Å². The number of nitrogens with one attached hydrogen (secondary N) is 1. The fraction of sp³-hybridized carbons (Fsp3) is 0.400. The zero-order chi connectivity index (χ0) is 15.9. The van der Waals surface area contributed by atoms with Gasteiger partial charge in [-0.05, 0) is 12.5 Å². The van der Waals surface area contributed by atoms with Crippen LogP contribution < -0.4 is 15.8 Å². The quantitative estimate of drug-likeness (QED) is 0.760. The number of rotatable bonds is 7. The first-order chi connectivity index (χ1) is 10.7. The van der Waals surface area contributed by atoms with Gasteiger partial charge in [0.25, 0.3) is 5.91 Å². The zero-order valence-electron chi connectivity index (χ0n) is 12.8. The van der Waals surface area contributed by atoms with Crippen LogP contribution in [0.1, 0.15) is 36.5 Å². The Hall–Kier alpha value is -2.57. The summed E-state index contributed by atoms with van der Waals surface area (Å²) in [6, 6.07) is 3.43. The number of anilines is 1. The van der Waals surface area contributed by atoms with Crippen LogP contribution in [-0.4, -0.2) is 29.7 Å². The van der Waals surface area contributed by atoms with Gasteiger partial charge < -0.3 is 20.3 Å². The van der Waals surface area contributed by atoms with Crippen LogP contribution in [-0.2, 0) is 0 Å². The molecule has 0 saturated carbocycles. The predicted octanol–water partition coefficient (Wildman–Crippen LogP) is 2.25. The third-order valence-electron chi connectivity index (χ3n) is 3.23. The molecule has 1 amide bonds. The fourth-order valence-electron chi connectivity index (χ4n) is 2.03. The summed E-state index contributed by atoms with van der Waals surface area (Å²) >= 11 is 0. The summed E-state index contributed by atoms with van der Waals surface area (Å²) in [7, 11) is 1.53. The summed E-state index contributed by atoms with van der Waals surface area (Å²) in [5, 5.41) is 6.69. The van der Waals surface area contributed by atoms with Gasteiger partial charge in [-0.3, -0.25) is 4.79 Å². The van der Waals surface area contributed by atoms with E-state index in [2.05, 4.69) is 22.4 Å². The molecule has 0 spiro atoms. The molecule has 3 N–H and O–H groups in total. The normalized spacial score (nSPS) is 10.5. The maximum atomic E-state index is 12.3. The third kappa shape index (κ3) is 3.55. The summed E-state index contributed by atoms with van der Waals surface area (Å²) in [6.07, 6.45) is 4.64. The van der Waals surface area contributed by atoms with Gasteiger partial charge in [-0.25, -0.2) is 4.98 Å². The van der Waals surface area contributed by atoms with E-state index in [0.29, 0.717) is 23.7 Å². The van der Waals surface area contributed by atoms with Gasteiger partial charge in [-0.15, -0.1) is 0 Å². The van der Waals surface area contributed by atoms with E-state index in [1.807, 2.05) is 0 Å². The number of aromatic nitrogens is 2. The van der Waals surface area contributed by atoms with Crippen molar-refractivity contribution in [3.8, 4) is 17.1 Å². The van der Waals surface area contributed by atoms with Gasteiger partial charge >= 0.3 is 0 Å². The number of methoxy groups -OCH3 is 1. The van der Waals surface area contributed by atoms with Gasteiger partial charge in [0.05, 0.1) is 7.11 Å². The molecule has 0 aliphatic rings. The van der Waals surface area contributed by atoms with Gasteiger partial charge in [0.2, 0.25) is 11.8 Å². The molecule has 0 radical (unpaired) electrons. The Balaban J connectivity index is 2.17. The molecule has 2 aromatic rings. The minimum atomic E-state index is -0.291. The van der Waals surface area contributed by atoms with E-state index in [-0.39, 0.29) is 17.4 Å². The van der Waals surface area contributed by atoms with Gasteiger partial charge in [0.1, 0.15) is 11.3 Å². The molecular formula is C15H20N4O3. The summed E-state index contributed by atoms with van der Waals surface area (Å²) in [4.78, 5) is 16.4. The number of amides is 1. The lowest BCUT2D eigenvalue weighted by Gasteiger charge is -2.05. The van der Waals surface area contributed by atoms with Gasteiger partial charge in [-0.1, -0.05) is 24.9 Å². The van der Waals surface area contributed by atoms with Crippen molar-refractivity contribution in [3.63, 3.8) is 0 Å². The highest BCUT2D eigenvalue weighted by molar-refractivity contribution is 6.03. The Labute approximate surface area is 128 Å². The second kappa shape index (κ2) is 7.44. The van der Waals surface area contributed by atoms with Gasteiger partial charge in [0.15, 0.2) is 0 Å². The number of nitrogen functional groups attached to an aromatic ring is 1. The Kier molecular flexibility index (Phi) is 5.35. The SMILES string of the molecule is CCCCCNC(=O)c1c(-c2ccc(OC)nc2)noc1N. The number of nitrogens with zero attached hydrogens (tertiary/aromatic N) is 2. The van der Waals surface area contributed by atoms with E-state index >= 15 is 0 Å². The number of carbonyl (C=O) groups excluding carboxylic acids is 1. The molecule has 0 aromatic carbocycles. The van der Waals surface area contributed by atoms with Crippen molar-refractivity contribution >= 4 is 11.8 Å². The van der Waals surface area contributed by atoms with Crippen molar-refractivity contribution in [2.24, 2.45) is 0 Å². The average molecular weight is 304 g/mol. The molecule has 2 heterocycles. The first kappa shape index (κ1) is 15.8. The first-order valence-electron chi connectivity index (χ1n) is 7.21. The lowest BCUT2D eigenvalue weighted by Crippen LogP contribution is -2.25. The predicted molar refractivity (Wildman–Crippen MR) is 82.6 cm³/mol. The van der Waals surface area contributed by atoms with E-state index < -0.39 is 0 Å². The van der Waals surface area contributed by atoms with Crippen LogP contribution in [0.25, 0.3) is 11.3 Å². The van der Waals surface area contributed by atoms with Crippen molar-refractivity contribution < 1.29 is 14.1 Å². The maximum Gasteiger partial charge on any atom is 0.259 e. The molecule has 2 rings (SSSR count). The van der Waals surface area contributed by atoms with Crippen LogP contribution in [0.15, 0.2) is 22.9 Å². The van der Waals surface area contributed by atoms with Crippen LogP contribution >= 0.6 is 0 Å². The van der Waals surface area contributed by atoms with Crippen LogP contribution in [0.2, 0.25) is 0 Å². The minimum Gasteiger partial charge on any atom is -0.481 e. The average Bonchev–Trinajstić information content (AvgIpc) is 2.93. The molecule has 0 aliphatic heterocycles. The molecule has 2 aromatic heterocycles. The minimum absolute atomic E-state index is 0.00110. The summed E-state index contributed by atoms with van der Waals surface area (Å²) in [6.45, 7) is 2.70. The van der Waals surface area contributed by atoms with Crippen LogP contribution in [0.3, 0.4) is 0 Å². The number of pyridine rings is 1. The first-order valence-corrected chi connectivity index (χ1v) is 7.21. The van der Waals surface area contributed by atoms with Crippen molar-refractivity contribution in [3.05, 3.63) is 23.9 Å². The van der Waals surface area contributed by atoms with Gasteiger partial charge in [0, 0.05) is 24.4 Å². The second-order valence-corrected chi connectivity index (χ2v) is 4.82. The molecule has 0 unspecified atom stereocenters. The second-order valence-electron chi connectivity index (χ2n) is 4.82. The zero-order valence-corrected chi connectivity index (χ0v) is 12.8. The number of carbonyl (C=O) groups is 1. The number of hydrogen-bond donors (Lipinski definition) is 2. The van der Waals surface area contributed by atoms with E-state index in [1.165, 1.54) is 7.11 Å². The molecule has 7 heteroatoms. The number of unbranched alkanes of at least 4 members (excludes halogenated alkanes) is 2. The molecule has 0 bridgehead atoms. The smallest absolute Gasteiger partial charge is 0.259 e. The topological polar surface area (TPSA) is 103 Å². The van der Waals surface area contributed by atoms with E-state index in [9.17, 15) is 4.79 Å². The van der Waals surface area contributed by atoms with E-state index in [4.69, 9.17) is 15.0 Å². The van der Waals surface area contributed by atoms with Gasteiger partial charge in [-0.2, -0.15) is 0 Å². The molecule has 0 atom stereocenters. The van der Waals surface area contributed by atoms with Crippen molar-refractivity contribution in [1.29, 1.82) is 0 Å².